The van der Waals surface area contributed by atoms with Crippen LogP contribution in [-0.2, 0) is 11.2 Å². The molecule has 0 radical (unpaired) electrons. The number of hydrogen-bond acceptors (Lipinski definition) is 4. The van der Waals surface area contributed by atoms with Crippen LogP contribution in [0.15, 0.2) is 24.3 Å². The smallest absolute Gasteiger partial charge is 0.111 e. The topological polar surface area (TPSA) is 59.3 Å². The molecule has 7 unspecified atom stereocenters. The van der Waals surface area contributed by atoms with Gasteiger partial charge in [0.25, 0.3) is 0 Å². The number of benzene rings is 1. The molecule has 4 N–H and O–H groups in total. The molecule has 1 aliphatic heterocycles. The maximum absolute atomic E-state index is 6.83. The van der Waals surface area contributed by atoms with Crippen molar-refractivity contribution >= 4 is 11.6 Å². The molecule has 4 saturated carbocycles. The van der Waals surface area contributed by atoms with Gasteiger partial charge in [-0.15, -0.1) is 0 Å². The Bertz CT molecular complexity index is 1030. The van der Waals surface area contributed by atoms with Crippen LogP contribution in [0.1, 0.15) is 98.0 Å². The Kier molecular flexibility index (Phi) is 8.92. The summed E-state index contributed by atoms with van der Waals surface area (Å²) in [7, 11) is 0. The van der Waals surface area contributed by atoms with E-state index >= 15 is 0 Å². The molecule has 1 saturated heterocycles. The van der Waals surface area contributed by atoms with E-state index in [-0.39, 0.29) is 12.3 Å². The number of nitrogens with two attached hydrogens (primary N) is 1. The van der Waals surface area contributed by atoms with Crippen LogP contribution < -0.4 is 16.4 Å². The van der Waals surface area contributed by atoms with Crippen LogP contribution in [0.25, 0.3) is 0 Å². The van der Waals surface area contributed by atoms with Gasteiger partial charge in [0.05, 0.1) is 6.10 Å². The van der Waals surface area contributed by atoms with Crippen LogP contribution in [0.5, 0.6) is 0 Å². The number of hydrogen-bond donors (Lipinski definition) is 3. The van der Waals surface area contributed by atoms with Gasteiger partial charge in [0.1, 0.15) is 6.23 Å². The summed E-state index contributed by atoms with van der Waals surface area (Å²) in [6, 6.07) is 8.92. The Balaban J connectivity index is 1.04. The molecule has 6 rings (SSSR count). The first-order valence-corrected chi connectivity index (χ1v) is 17.6. The quantitative estimate of drug-likeness (QED) is 0.283. The first-order valence-electron chi connectivity index (χ1n) is 17.2. The van der Waals surface area contributed by atoms with E-state index in [2.05, 4.69) is 57.4 Å². The van der Waals surface area contributed by atoms with E-state index in [0.717, 1.165) is 60.0 Å². The van der Waals surface area contributed by atoms with E-state index in [1.807, 2.05) is 12.1 Å². The lowest BCUT2D eigenvalue weighted by Crippen LogP contribution is -2.56. The zero-order chi connectivity index (χ0) is 28.9. The molecule has 4 nitrogen and oxygen atoms in total. The van der Waals surface area contributed by atoms with Crippen LogP contribution >= 0.6 is 11.6 Å². The minimum Gasteiger partial charge on any atom is -0.360 e. The fourth-order valence-electron chi connectivity index (χ4n) is 11.1. The third-order valence-electron chi connectivity index (χ3n) is 13.6. The lowest BCUT2D eigenvalue weighted by molar-refractivity contribution is -0.119. The van der Waals surface area contributed by atoms with Gasteiger partial charge in [-0.05, 0) is 122 Å². The molecule has 13 atom stereocenters. The lowest BCUT2D eigenvalue weighted by Gasteiger charge is -2.61. The highest BCUT2D eigenvalue weighted by molar-refractivity contribution is 6.30. The monoisotopic (exact) mass is 583 g/mol. The molecule has 1 aromatic carbocycles. The van der Waals surface area contributed by atoms with Crippen molar-refractivity contribution in [2.45, 2.75) is 123 Å². The SMILES string of the molecule is CC[C@H](C)CN[C@H]1OC2CC3[C@@H]4CCC5CC(NC[C@@H](N)Cc6ccc(Cl)cc6)CC[C@]5(C)C4CC[C@]3(C)C2C1C. The van der Waals surface area contributed by atoms with Crippen molar-refractivity contribution < 1.29 is 4.74 Å². The van der Waals surface area contributed by atoms with E-state index in [9.17, 15) is 0 Å². The van der Waals surface area contributed by atoms with Gasteiger partial charge >= 0.3 is 0 Å². The Morgan fingerprint density at radius 1 is 0.976 bits per heavy atom. The highest BCUT2D eigenvalue weighted by atomic mass is 35.5. The molecule has 5 heteroatoms. The molecule has 0 amide bonds. The molecule has 5 fully saturated rings. The van der Waals surface area contributed by atoms with Crippen molar-refractivity contribution in [1.29, 1.82) is 0 Å². The summed E-state index contributed by atoms with van der Waals surface area (Å²) >= 11 is 6.06. The van der Waals surface area contributed by atoms with Gasteiger partial charge < -0.3 is 15.8 Å². The molecule has 41 heavy (non-hydrogen) atoms. The molecule has 230 valence electrons. The van der Waals surface area contributed by atoms with E-state index in [4.69, 9.17) is 22.1 Å². The zero-order valence-corrected chi connectivity index (χ0v) is 27.3. The van der Waals surface area contributed by atoms with Gasteiger partial charge in [-0.2, -0.15) is 0 Å². The van der Waals surface area contributed by atoms with E-state index in [0.29, 0.717) is 28.9 Å². The largest absolute Gasteiger partial charge is 0.360 e. The van der Waals surface area contributed by atoms with Gasteiger partial charge in [-0.1, -0.05) is 64.8 Å². The van der Waals surface area contributed by atoms with Crippen molar-refractivity contribution in [3.63, 3.8) is 0 Å². The van der Waals surface area contributed by atoms with Crippen molar-refractivity contribution in [3.8, 4) is 0 Å². The predicted octanol–water partition coefficient (Wildman–Crippen LogP) is 7.43. The van der Waals surface area contributed by atoms with Crippen LogP contribution in [-0.4, -0.2) is 37.5 Å². The van der Waals surface area contributed by atoms with Gasteiger partial charge in [0, 0.05) is 36.1 Å². The third-order valence-corrected chi connectivity index (χ3v) is 13.8. The van der Waals surface area contributed by atoms with Crippen molar-refractivity contribution in [3.05, 3.63) is 34.9 Å². The summed E-state index contributed by atoms with van der Waals surface area (Å²) < 4.78 is 6.83. The van der Waals surface area contributed by atoms with Gasteiger partial charge in [0.2, 0.25) is 0 Å². The number of fused-ring (bicyclic) bond motifs is 7. The minimum absolute atomic E-state index is 0.146. The second-order valence-electron chi connectivity index (χ2n) is 15.8. The van der Waals surface area contributed by atoms with Crippen LogP contribution in [0.4, 0.5) is 0 Å². The fourth-order valence-corrected chi connectivity index (χ4v) is 11.2. The summed E-state index contributed by atoms with van der Waals surface area (Å²) in [6.07, 6.45) is 13.9. The number of nitrogens with one attached hydrogen (secondary N) is 2. The lowest BCUT2D eigenvalue weighted by atomic mass is 9.44. The molecule has 5 aliphatic rings. The molecular formula is C36H58ClN3O. The first kappa shape index (κ1) is 30.4. The van der Waals surface area contributed by atoms with E-state index in [1.54, 1.807) is 0 Å². The second-order valence-corrected chi connectivity index (χ2v) is 16.2. The molecule has 1 aromatic rings. The Morgan fingerprint density at radius 2 is 1.73 bits per heavy atom. The average molecular weight is 584 g/mol. The second kappa shape index (κ2) is 12.0. The van der Waals surface area contributed by atoms with Crippen molar-refractivity contribution in [1.82, 2.24) is 10.6 Å². The molecule has 1 heterocycles. The number of halogens is 1. The van der Waals surface area contributed by atoms with Crippen LogP contribution in [0.2, 0.25) is 5.02 Å². The molecule has 0 spiro atoms. The Labute approximate surface area is 255 Å². The molecule has 0 aromatic heterocycles. The Morgan fingerprint density at radius 3 is 2.49 bits per heavy atom. The maximum atomic E-state index is 6.83. The minimum atomic E-state index is 0.146. The summed E-state index contributed by atoms with van der Waals surface area (Å²) in [5.74, 6) is 5.59. The van der Waals surface area contributed by atoms with Crippen molar-refractivity contribution in [2.75, 3.05) is 13.1 Å². The van der Waals surface area contributed by atoms with E-state index in [1.165, 1.54) is 63.4 Å². The van der Waals surface area contributed by atoms with Crippen LogP contribution in [0, 0.1) is 52.3 Å². The fraction of sp³-hybridized carbons (Fsp3) is 0.833. The molecule has 0 bridgehead atoms. The normalized spacial score (nSPS) is 44.9. The summed E-state index contributed by atoms with van der Waals surface area (Å²) in [6.45, 7) is 14.5. The van der Waals surface area contributed by atoms with Gasteiger partial charge in [-0.3, -0.25) is 5.32 Å². The maximum Gasteiger partial charge on any atom is 0.111 e. The van der Waals surface area contributed by atoms with Gasteiger partial charge in [0.15, 0.2) is 0 Å². The first-order chi connectivity index (χ1) is 19.6. The third kappa shape index (κ3) is 5.68. The summed E-state index contributed by atoms with van der Waals surface area (Å²) in [5, 5.41) is 8.51. The molecule has 4 aliphatic carbocycles. The van der Waals surface area contributed by atoms with Gasteiger partial charge in [-0.25, -0.2) is 0 Å². The summed E-state index contributed by atoms with van der Waals surface area (Å²) in [5.41, 5.74) is 8.80. The number of rotatable bonds is 9. The van der Waals surface area contributed by atoms with Crippen molar-refractivity contribution in [2.24, 2.45) is 58.0 Å². The standard InChI is InChI=1S/C36H58ClN3O/c1-6-22(2)20-40-34-23(3)33-32(41-34)19-31-29-12-9-25-18-28(13-15-35(25,4)30(29)14-16-36(31,33)5)39-21-27(38)17-24-7-10-26(37)11-8-24/h7-8,10-11,22-23,25,27-34,39-40H,6,9,12-21,38H2,1-5H3/t22-,23?,25?,27-,28?,29+,30?,31?,32?,33?,34-,35-,36-/m0/s1. The predicted molar refractivity (Wildman–Crippen MR) is 171 cm³/mol. The highest BCUT2D eigenvalue weighted by Crippen LogP contribution is 2.69. The highest BCUT2D eigenvalue weighted by Gasteiger charge is 2.65. The molecular weight excluding hydrogens is 526 g/mol. The summed E-state index contributed by atoms with van der Waals surface area (Å²) in [4.78, 5) is 0. The zero-order valence-electron chi connectivity index (χ0n) is 26.5. The Hall–Kier alpha value is -0.650. The van der Waals surface area contributed by atoms with Crippen LogP contribution in [0.3, 0.4) is 0 Å². The number of ether oxygens (including phenoxy) is 1. The average Bonchev–Trinajstić information content (AvgIpc) is 3.44. The van der Waals surface area contributed by atoms with E-state index < -0.39 is 0 Å².